The number of carbonyl (C=O) groups excluding carboxylic acids is 1. The van der Waals surface area contributed by atoms with E-state index in [2.05, 4.69) is 30.5 Å². The summed E-state index contributed by atoms with van der Waals surface area (Å²) in [5.41, 5.74) is -0.518. The summed E-state index contributed by atoms with van der Waals surface area (Å²) in [7, 11) is 0. The van der Waals surface area contributed by atoms with Crippen LogP contribution in [0.2, 0.25) is 5.02 Å². The number of hydrogen-bond acceptors (Lipinski definition) is 5. The van der Waals surface area contributed by atoms with Gasteiger partial charge in [-0.25, -0.2) is 9.97 Å². The van der Waals surface area contributed by atoms with Crippen LogP contribution in [0.3, 0.4) is 0 Å². The van der Waals surface area contributed by atoms with Crippen LogP contribution in [-0.2, 0) is 6.18 Å². The predicted molar refractivity (Wildman–Crippen MR) is 89.7 cm³/mol. The van der Waals surface area contributed by atoms with Gasteiger partial charge < -0.3 is 5.32 Å². The zero-order valence-corrected chi connectivity index (χ0v) is 14.5. The van der Waals surface area contributed by atoms with Crippen molar-refractivity contribution in [1.29, 1.82) is 0 Å². The molecule has 140 valence electrons. The highest BCUT2D eigenvalue weighted by Gasteiger charge is 2.32. The average Bonchev–Trinajstić information content (AvgIpc) is 3.15. The highest BCUT2D eigenvalue weighted by Crippen LogP contribution is 2.32. The van der Waals surface area contributed by atoms with Crippen molar-refractivity contribution in [3.8, 4) is 11.5 Å². The normalized spacial score (nSPS) is 12.6. The van der Waals surface area contributed by atoms with Gasteiger partial charge in [0.25, 0.3) is 5.91 Å². The van der Waals surface area contributed by atoms with E-state index in [1.807, 2.05) is 0 Å². The van der Waals surface area contributed by atoms with Gasteiger partial charge in [-0.15, -0.1) is 0 Å². The van der Waals surface area contributed by atoms with Gasteiger partial charge in [0.05, 0.1) is 17.3 Å². The zero-order valence-electron chi connectivity index (χ0n) is 13.8. The molecular weight excluding hydrogens is 385 g/mol. The molecule has 0 radical (unpaired) electrons. The molecule has 27 heavy (non-hydrogen) atoms. The fourth-order valence-electron chi connectivity index (χ4n) is 2.39. The van der Waals surface area contributed by atoms with Crippen LogP contribution in [0.15, 0.2) is 36.9 Å². The molecule has 2 aromatic heterocycles. The molecular formula is C16H12ClF3N6O. The van der Waals surface area contributed by atoms with E-state index in [1.54, 1.807) is 6.92 Å². The van der Waals surface area contributed by atoms with Crippen molar-refractivity contribution in [2.24, 2.45) is 0 Å². The molecule has 0 bridgehead atoms. The van der Waals surface area contributed by atoms with Crippen LogP contribution in [0.5, 0.6) is 0 Å². The highest BCUT2D eigenvalue weighted by atomic mass is 35.5. The minimum atomic E-state index is -4.62. The third-order valence-electron chi connectivity index (χ3n) is 3.60. The van der Waals surface area contributed by atoms with E-state index in [0.29, 0.717) is 11.4 Å². The first-order valence-electron chi connectivity index (χ1n) is 7.61. The van der Waals surface area contributed by atoms with E-state index in [9.17, 15) is 18.0 Å². The summed E-state index contributed by atoms with van der Waals surface area (Å²) in [5, 5.41) is 8.87. The third kappa shape index (κ3) is 4.22. The second kappa shape index (κ2) is 7.31. The smallest absolute Gasteiger partial charge is 0.344 e. The molecule has 0 aliphatic heterocycles. The Morgan fingerprint density at radius 2 is 1.93 bits per heavy atom. The van der Waals surface area contributed by atoms with E-state index >= 15 is 0 Å². The van der Waals surface area contributed by atoms with Crippen LogP contribution >= 0.6 is 11.6 Å². The number of nitrogens with one attached hydrogen (secondary N) is 2. The van der Waals surface area contributed by atoms with E-state index < -0.39 is 23.7 Å². The number of rotatable bonds is 4. The number of hydrogen-bond donors (Lipinski definition) is 2. The largest absolute Gasteiger partial charge is 0.416 e. The molecule has 0 fully saturated rings. The topological polar surface area (TPSA) is 96.5 Å². The second-order valence-corrected chi connectivity index (χ2v) is 5.97. The van der Waals surface area contributed by atoms with Gasteiger partial charge in [0, 0.05) is 23.0 Å². The van der Waals surface area contributed by atoms with Gasteiger partial charge in [-0.3, -0.25) is 14.9 Å². The summed E-state index contributed by atoms with van der Waals surface area (Å²) in [6.07, 6.45) is -0.386. The molecule has 0 aliphatic carbocycles. The Kier molecular flexibility index (Phi) is 5.08. The van der Waals surface area contributed by atoms with Gasteiger partial charge in [0.1, 0.15) is 12.0 Å². The summed E-state index contributed by atoms with van der Waals surface area (Å²) in [4.78, 5) is 24.8. The standard InChI is InChI=1S/C16H12ClF3N6O/c1-8(12-13(22-3-2-21-12)14-23-7-24-26-14)25-15(27)9-4-10(16(18,19)20)6-11(17)5-9/h2-8H,1H3,(H,25,27)(H,23,24,26). The van der Waals surface area contributed by atoms with Crippen molar-refractivity contribution in [2.45, 2.75) is 19.1 Å². The number of aromatic nitrogens is 5. The highest BCUT2D eigenvalue weighted by molar-refractivity contribution is 6.31. The first-order chi connectivity index (χ1) is 12.8. The predicted octanol–water partition coefficient (Wildman–Crippen LogP) is 3.42. The Bertz CT molecular complexity index is 961. The van der Waals surface area contributed by atoms with Crippen LogP contribution in [0, 0.1) is 0 Å². The molecule has 1 atom stereocenters. The molecule has 0 aliphatic rings. The Hall–Kier alpha value is -3.01. The van der Waals surface area contributed by atoms with Crippen molar-refractivity contribution in [3.63, 3.8) is 0 Å². The Balaban J connectivity index is 1.87. The molecule has 0 saturated heterocycles. The van der Waals surface area contributed by atoms with Gasteiger partial charge in [-0.2, -0.15) is 18.3 Å². The number of benzene rings is 1. The van der Waals surface area contributed by atoms with Crippen molar-refractivity contribution >= 4 is 17.5 Å². The van der Waals surface area contributed by atoms with E-state index in [0.717, 1.165) is 18.2 Å². The SMILES string of the molecule is CC(NC(=O)c1cc(Cl)cc(C(F)(F)F)c1)c1nccnc1-c1nc[nH]n1. The van der Waals surface area contributed by atoms with Crippen molar-refractivity contribution < 1.29 is 18.0 Å². The van der Waals surface area contributed by atoms with Gasteiger partial charge in [0.15, 0.2) is 0 Å². The summed E-state index contributed by atoms with van der Waals surface area (Å²) in [6.45, 7) is 1.62. The average molecular weight is 397 g/mol. The Labute approximate surface area is 156 Å². The molecule has 1 amide bonds. The molecule has 0 saturated carbocycles. The van der Waals surface area contributed by atoms with E-state index in [1.165, 1.54) is 18.7 Å². The quantitative estimate of drug-likeness (QED) is 0.704. The fourth-order valence-corrected chi connectivity index (χ4v) is 2.63. The molecule has 7 nitrogen and oxygen atoms in total. The van der Waals surface area contributed by atoms with Crippen LogP contribution in [-0.4, -0.2) is 31.1 Å². The first kappa shape index (κ1) is 18.8. The van der Waals surface area contributed by atoms with Crippen molar-refractivity contribution in [2.75, 3.05) is 0 Å². The lowest BCUT2D eigenvalue weighted by atomic mass is 10.1. The summed E-state index contributed by atoms with van der Waals surface area (Å²) >= 11 is 5.72. The van der Waals surface area contributed by atoms with E-state index in [4.69, 9.17) is 11.6 Å². The maximum atomic E-state index is 12.9. The van der Waals surface area contributed by atoms with Crippen molar-refractivity contribution in [3.05, 3.63) is 58.8 Å². The Morgan fingerprint density at radius 3 is 2.59 bits per heavy atom. The lowest BCUT2D eigenvalue weighted by molar-refractivity contribution is -0.137. The molecule has 2 N–H and O–H groups in total. The van der Waals surface area contributed by atoms with Crippen LogP contribution in [0.1, 0.15) is 34.6 Å². The van der Waals surface area contributed by atoms with Gasteiger partial charge in [0.2, 0.25) is 5.82 Å². The molecule has 3 aromatic rings. The minimum Gasteiger partial charge on any atom is -0.344 e. The van der Waals surface area contributed by atoms with Gasteiger partial charge in [-0.1, -0.05) is 11.6 Å². The number of carbonyl (C=O) groups is 1. The summed E-state index contributed by atoms with van der Waals surface area (Å²) < 4.78 is 38.8. The molecule has 2 heterocycles. The number of amides is 1. The second-order valence-electron chi connectivity index (χ2n) is 5.53. The van der Waals surface area contributed by atoms with Crippen LogP contribution in [0.4, 0.5) is 13.2 Å². The number of aromatic amines is 1. The lowest BCUT2D eigenvalue weighted by Crippen LogP contribution is -2.28. The number of alkyl halides is 3. The number of nitrogens with zero attached hydrogens (tertiary/aromatic N) is 4. The fraction of sp³-hybridized carbons (Fsp3) is 0.188. The number of halogens is 4. The number of H-pyrrole nitrogens is 1. The van der Waals surface area contributed by atoms with Crippen LogP contribution in [0.25, 0.3) is 11.5 Å². The zero-order chi connectivity index (χ0) is 19.6. The summed E-state index contributed by atoms with van der Waals surface area (Å²) in [6, 6.07) is 1.98. The molecule has 11 heteroatoms. The summed E-state index contributed by atoms with van der Waals surface area (Å²) in [5.74, 6) is -0.455. The maximum Gasteiger partial charge on any atom is 0.416 e. The maximum absolute atomic E-state index is 12.9. The van der Waals surface area contributed by atoms with Crippen LogP contribution < -0.4 is 5.32 Å². The van der Waals surface area contributed by atoms with Gasteiger partial charge in [-0.05, 0) is 25.1 Å². The molecule has 1 aromatic carbocycles. The Morgan fingerprint density at radius 1 is 1.19 bits per heavy atom. The van der Waals surface area contributed by atoms with Gasteiger partial charge >= 0.3 is 6.18 Å². The minimum absolute atomic E-state index is 0.191. The molecule has 0 spiro atoms. The third-order valence-corrected chi connectivity index (χ3v) is 3.82. The molecule has 3 rings (SSSR count). The molecule has 1 unspecified atom stereocenters. The van der Waals surface area contributed by atoms with Crippen molar-refractivity contribution in [1.82, 2.24) is 30.5 Å². The van der Waals surface area contributed by atoms with E-state index in [-0.39, 0.29) is 16.4 Å². The monoisotopic (exact) mass is 396 g/mol. The first-order valence-corrected chi connectivity index (χ1v) is 7.99. The lowest BCUT2D eigenvalue weighted by Gasteiger charge is -2.16.